The molecule has 98 valence electrons. The number of primary amides is 1. The van der Waals surface area contributed by atoms with Crippen LogP contribution in [0.15, 0.2) is 18.2 Å². The van der Waals surface area contributed by atoms with E-state index in [0.29, 0.717) is 16.9 Å². The molecule has 6 nitrogen and oxygen atoms in total. The number of carbonyl (C=O) groups is 2. The normalized spacial score (nSPS) is 9.89. The number of amides is 1. The number of esters is 1. The molecule has 0 saturated carbocycles. The van der Waals surface area contributed by atoms with E-state index in [1.807, 2.05) is 0 Å². The first-order chi connectivity index (χ1) is 8.47. The van der Waals surface area contributed by atoms with Crippen molar-refractivity contribution >= 4 is 23.3 Å². The lowest BCUT2D eigenvalue weighted by atomic mass is 10.1. The zero-order valence-electron chi connectivity index (χ0n) is 10.5. The lowest BCUT2D eigenvalue weighted by molar-refractivity contribution is -0.116. The molecule has 0 fully saturated rings. The summed E-state index contributed by atoms with van der Waals surface area (Å²) in [6.07, 6.45) is 0. The molecule has 0 atom stereocenters. The van der Waals surface area contributed by atoms with E-state index in [0.717, 1.165) is 0 Å². The van der Waals surface area contributed by atoms with Gasteiger partial charge in [-0.05, 0) is 19.1 Å². The van der Waals surface area contributed by atoms with Crippen LogP contribution in [0.5, 0.6) is 0 Å². The molecule has 1 aromatic carbocycles. The number of benzene rings is 1. The van der Waals surface area contributed by atoms with Crippen molar-refractivity contribution in [1.82, 2.24) is 0 Å². The lowest BCUT2D eigenvalue weighted by Crippen LogP contribution is -2.32. The van der Waals surface area contributed by atoms with E-state index in [9.17, 15) is 9.59 Å². The molecular weight excluding hydrogens is 234 g/mol. The Hall–Kier alpha value is -2.24. The monoisotopic (exact) mass is 251 g/mol. The van der Waals surface area contributed by atoms with Gasteiger partial charge in [0.25, 0.3) is 0 Å². The van der Waals surface area contributed by atoms with Gasteiger partial charge >= 0.3 is 5.97 Å². The van der Waals surface area contributed by atoms with E-state index in [1.165, 1.54) is 4.90 Å². The smallest absolute Gasteiger partial charge is 0.340 e. The Labute approximate surface area is 105 Å². The van der Waals surface area contributed by atoms with Crippen molar-refractivity contribution in [2.75, 3.05) is 30.8 Å². The molecule has 0 bridgehead atoms. The SMILES string of the molecule is CCOC(=O)c1cccc(N)c1N(C)CC(N)=O. The molecule has 18 heavy (non-hydrogen) atoms. The standard InChI is InChI=1S/C12H17N3O3/c1-3-18-12(17)8-5-4-6-9(13)11(8)15(2)7-10(14)16/h4-6H,3,7,13H2,1-2H3,(H2,14,16). The summed E-state index contributed by atoms with van der Waals surface area (Å²) in [6, 6.07) is 4.90. The minimum absolute atomic E-state index is 0.0272. The van der Waals surface area contributed by atoms with Gasteiger partial charge in [-0.2, -0.15) is 0 Å². The van der Waals surface area contributed by atoms with Crippen molar-refractivity contribution in [3.8, 4) is 0 Å². The number of anilines is 2. The number of nitrogens with zero attached hydrogens (tertiary/aromatic N) is 1. The molecule has 1 rings (SSSR count). The second-order valence-corrected chi connectivity index (χ2v) is 3.79. The van der Waals surface area contributed by atoms with Crippen molar-refractivity contribution in [3.05, 3.63) is 23.8 Å². The molecular formula is C12H17N3O3. The fraction of sp³-hybridized carbons (Fsp3) is 0.333. The van der Waals surface area contributed by atoms with Crippen LogP contribution in [-0.4, -0.2) is 32.1 Å². The highest BCUT2D eigenvalue weighted by Gasteiger charge is 2.18. The fourth-order valence-electron chi connectivity index (χ4n) is 1.67. The van der Waals surface area contributed by atoms with E-state index in [4.69, 9.17) is 16.2 Å². The van der Waals surface area contributed by atoms with Crippen molar-refractivity contribution in [2.24, 2.45) is 5.73 Å². The topological polar surface area (TPSA) is 98.7 Å². The van der Waals surface area contributed by atoms with Gasteiger partial charge in [0.05, 0.1) is 30.1 Å². The van der Waals surface area contributed by atoms with Crippen molar-refractivity contribution in [1.29, 1.82) is 0 Å². The fourth-order valence-corrected chi connectivity index (χ4v) is 1.67. The molecule has 0 aliphatic carbocycles. The highest BCUT2D eigenvalue weighted by Crippen LogP contribution is 2.27. The van der Waals surface area contributed by atoms with Gasteiger partial charge in [0, 0.05) is 7.05 Å². The van der Waals surface area contributed by atoms with Crippen LogP contribution >= 0.6 is 0 Å². The zero-order valence-corrected chi connectivity index (χ0v) is 10.5. The summed E-state index contributed by atoms with van der Waals surface area (Å²) in [6.45, 7) is 1.96. The average Bonchev–Trinajstić information content (AvgIpc) is 2.27. The number of nitrogens with two attached hydrogens (primary N) is 2. The van der Waals surface area contributed by atoms with Crippen LogP contribution in [0.2, 0.25) is 0 Å². The number of para-hydroxylation sites is 1. The average molecular weight is 251 g/mol. The number of carbonyl (C=O) groups excluding carboxylic acids is 2. The second kappa shape index (κ2) is 5.90. The Kier molecular flexibility index (Phi) is 4.53. The first kappa shape index (κ1) is 13.8. The van der Waals surface area contributed by atoms with E-state index >= 15 is 0 Å². The van der Waals surface area contributed by atoms with Gasteiger partial charge in [0.2, 0.25) is 5.91 Å². The first-order valence-corrected chi connectivity index (χ1v) is 5.52. The maximum absolute atomic E-state index is 11.8. The predicted molar refractivity (Wildman–Crippen MR) is 69.3 cm³/mol. The lowest BCUT2D eigenvalue weighted by Gasteiger charge is -2.22. The highest BCUT2D eigenvalue weighted by atomic mass is 16.5. The Balaban J connectivity index is 3.15. The van der Waals surface area contributed by atoms with E-state index in [1.54, 1.807) is 32.2 Å². The van der Waals surface area contributed by atoms with Gasteiger partial charge in [0.15, 0.2) is 0 Å². The minimum atomic E-state index is -0.504. The molecule has 0 spiro atoms. The van der Waals surface area contributed by atoms with Crippen LogP contribution in [0.4, 0.5) is 11.4 Å². The van der Waals surface area contributed by atoms with Crippen LogP contribution in [0.1, 0.15) is 17.3 Å². The van der Waals surface area contributed by atoms with Crippen LogP contribution < -0.4 is 16.4 Å². The van der Waals surface area contributed by atoms with Crippen LogP contribution in [0.3, 0.4) is 0 Å². The Morgan fingerprint density at radius 1 is 1.39 bits per heavy atom. The number of likely N-dealkylation sites (N-methyl/N-ethyl adjacent to an activating group) is 1. The molecule has 1 aromatic rings. The summed E-state index contributed by atoms with van der Waals surface area (Å²) in [5.41, 5.74) is 12.1. The molecule has 4 N–H and O–H groups in total. The summed E-state index contributed by atoms with van der Waals surface area (Å²) >= 11 is 0. The number of nitrogen functional groups attached to an aromatic ring is 1. The van der Waals surface area contributed by atoms with Gasteiger partial charge in [-0.15, -0.1) is 0 Å². The molecule has 0 aliphatic rings. The van der Waals surface area contributed by atoms with Gasteiger partial charge in [0.1, 0.15) is 0 Å². The van der Waals surface area contributed by atoms with Crippen LogP contribution in [-0.2, 0) is 9.53 Å². The molecule has 0 unspecified atom stereocenters. The highest BCUT2D eigenvalue weighted by molar-refractivity contribution is 5.99. The van der Waals surface area contributed by atoms with E-state index in [2.05, 4.69) is 0 Å². The Morgan fingerprint density at radius 3 is 2.61 bits per heavy atom. The quantitative estimate of drug-likeness (QED) is 0.581. The van der Waals surface area contributed by atoms with Gasteiger partial charge in [-0.25, -0.2) is 4.79 Å². The molecule has 1 amide bonds. The molecule has 0 saturated heterocycles. The zero-order chi connectivity index (χ0) is 13.7. The minimum Gasteiger partial charge on any atom is -0.462 e. The van der Waals surface area contributed by atoms with Crippen LogP contribution in [0, 0.1) is 0 Å². The third kappa shape index (κ3) is 3.13. The van der Waals surface area contributed by atoms with Crippen molar-refractivity contribution in [2.45, 2.75) is 6.92 Å². The summed E-state index contributed by atoms with van der Waals surface area (Å²) in [5.74, 6) is -0.980. The Morgan fingerprint density at radius 2 is 2.06 bits per heavy atom. The molecule has 6 heteroatoms. The van der Waals surface area contributed by atoms with E-state index in [-0.39, 0.29) is 13.2 Å². The van der Waals surface area contributed by atoms with Crippen molar-refractivity contribution in [3.63, 3.8) is 0 Å². The predicted octanol–water partition coefficient (Wildman–Crippen LogP) is 0.367. The molecule has 0 radical (unpaired) electrons. The Bertz CT molecular complexity index is 460. The summed E-state index contributed by atoms with van der Waals surface area (Å²) in [5, 5.41) is 0. The van der Waals surface area contributed by atoms with Gasteiger partial charge < -0.3 is 21.1 Å². The molecule has 0 heterocycles. The van der Waals surface area contributed by atoms with Gasteiger partial charge in [-0.3, -0.25) is 4.79 Å². The summed E-state index contributed by atoms with van der Waals surface area (Å²) < 4.78 is 4.94. The number of ether oxygens (including phenoxy) is 1. The van der Waals surface area contributed by atoms with E-state index < -0.39 is 11.9 Å². The van der Waals surface area contributed by atoms with Gasteiger partial charge in [-0.1, -0.05) is 6.07 Å². The third-order valence-corrected chi connectivity index (χ3v) is 2.34. The number of hydrogen-bond acceptors (Lipinski definition) is 5. The first-order valence-electron chi connectivity index (χ1n) is 5.52. The second-order valence-electron chi connectivity index (χ2n) is 3.79. The van der Waals surface area contributed by atoms with Crippen molar-refractivity contribution < 1.29 is 14.3 Å². The summed E-state index contributed by atoms with van der Waals surface area (Å²) in [7, 11) is 1.64. The maximum atomic E-state index is 11.8. The summed E-state index contributed by atoms with van der Waals surface area (Å²) in [4.78, 5) is 24.2. The largest absolute Gasteiger partial charge is 0.462 e. The number of rotatable bonds is 5. The maximum Gasteiger partial charge on any atom is 0.340 e. The number of hydrogen-bond donors (Lipinski definition) is 2. The third-order valence-electron chi connectivity index (χ3n) is 2.34. The molecule has 0 aliphatic heterocycles. The van der Waals surface area contributed by atoms with Crippen LogP contribution in [0.25, 0.3) is 0 Å². The molecule has 0 aromatic heterocycles.